The van der Waals surface area contributed by atoms with Crippen LogP contribution in [0.5, 0.6) is 17.2 Å². The van der Waals surface area contributed by atoms with Crippen molar-refractivity contribution < 1.29 is 43.3 Å². The van der Waals surface area contributed by atoms with Gasteiger partial charge in [0.25, 0.3) is 5.91 Å². The molecule has 1 heterocycles. The number of carbonyl (C=O) groups is 5. The Hall–Kier alpha value is -5.79. The predicted octanol–water partition coefficient (Wildman–Crippen LogP) is 6.75. The highest BCUT2D eigenvalue weighted by molar-refractivity contribution is 6.10. The Labute approximate surface area is 327 Å². The molecule has 0 bridgehead atoms. The molecule has 1 aliphatic carbocycles. The van der Waals surface area contributed by atoms with Crippen LogP contribution in [0.15, 0.2) is 60.7 Å². The second-order valence-electron chi connectivity index (χ2n) is 14.9. The Morgan fingerprint density at radius 2 is 1.46 bits per heavy atom. The first-order valence-corrected chi connectivity index (χ1v) is 19.0. The van der Waals surface area contributed by atoms with Crippen molar-refractivity contribution >= 4 is 41.2 Å². The Morgan fingerprint density at radius 3 is 2.11 bits per heavy atom. The van der Waals surface area contributed by atoms with Crippen LogP contribution in [-0.4, -0.2) is 83.7 Å². The summed E-state index contributed by atoms with van der Waals surface area (Å²) in [5.41, 5.74) is 2.21. The first-order chi connectivity index (χ1) is 26.8. The zero-order valence-electron chi connectivity index (χ0n) is 33.0. The number of methoxy groups -OCH3 is 3. The third-order valence-electron chi connectivity index (χ3n) is 10.5. The van der Waals surface area contributed by atoms with Crippen molar-refractivity contribution in [2.45, 2.75) is 96.3 Å². The molecule has 1 saturated heterocycles. The highest BCUT2D eigenvalue weighted by Gasteiger charge is 2.59. The zero-order valence-corrected chi connectivity index (χ0v) is 33.0. The summed E-state index contributed by atoms with van der Waals surface area (Å²) < 4.78 is 16.4. The molecule has 1 aliphatic heterocycles. The number of nitrogens with one attached hydrogen (secondary N) is 3. The van der Waals surface area contributed by atoms with Crippen LogP contribution in [0.1, 0.15) is 75.5 Å². The third kappa shape index (κ3) is 9.35. The Kier molecular flexibility index (Phi) is 13.5. The molecule has 0 radical (unpaired) electrons. The molecule has 14 nitrogen and oxygen atoms in total. The van der Waals surface area contributed by atoms with Gasteiger partial charge in [-0.15, -0.1) is 0 Å². The molecule has 1 spiro atoms. The monoisotopic (exact) mass is 771 g/mol. The van der Waals surface area contributed by atoms with E-state index in [-0.39, 0.29) is 31.7 Å². The lowest BCUT2D eigenvalue weighted by atomic mass is 9.80. The fraction of sp³-hybridized carbons (Fsp3) is 0.452. The summed E-state index contributed by atoms with van der Waals surface area (Å²) in [6.45, 7) is 5.76. The maximum Gasteiger partial charge on any atom is 0.328 e. The summed E-state index contributed by atoms with van der Waals surface area (Å²) in [6.07, 6.45) is 3.23. The van der Waals surface area contributed by atoms with Gasteiger partial charge in [-0.1, -0.05) is 63.4 Å². The van der Waals surface area contributed by atoms with Gasteiger partial charge in [-0.25, -0.2) is 14.5 Å². The van der Waals surface area contributed by atoms with Gasteiger partial charge < -0.3 is 40.2 Å². The van der Waals surface area contributed by atoms with Gasteiger partial charge in [-0.2, -0.15) is 0 Å². The van der Waals surface area contributed by atoms with Gasteiger partial charge in [0.15, 0.2) is 11.5 Å². The highest BCUT2D eigenvalue weighted by atomic mass is 16.5. The standard InChI is InChI=1S/C42H53N5O9/c1-26(2)20-33(38(50)43-30(24-37(48)49)21-28-15-17-34(54-4)36(22-28)56-6)47-39(51)42(18-10-7-11-19-42)46(41(47)53)25-29-14-16-32(35(23-29)55-5)45-40(52)44-31-13-9-8-12-27(31)3/h8-9,12-17,22-23,26,30,33H,7,10-11,18-21,24-25H2,1-6H3,(H,43,50)(H,48,49)(H2,44,45,52)/t30-,33-/m0/s1. The largest absolute Gasteiger partial charge is 0.495 e. The summed E-state index contributed by atoms with van der Waals surface area (Å²) in [4.78, 5) is 71.1. The van der Waals surface area contributed by atoms with Crippen LogP contribution < -0.4 is 30.2 Å². The summed E-state index contributed by atoms with van der Waals surface area (Å²) >= 11 is 0. The summed E-state index contributed by atoms with van der Waals surface area (Å²) in [7, 11) is 4.50. The number of anilines is 2. The van der Waals surface area contributed by atoms with Crippen LogP contribution in [0.4, 0.5) is 21.0 Å². The predicted molar refractivity (Wildman–Crippen MR) is 211 cm³/mol. The molecule has 0 unspecified atom stereocenters. The molecule has 3 aromatic carbocycles. The van der Waals surface area contributed by atoms with Crippen LogP contribution in [0.2, 0.25) is 0 Å². The van der Waals surface area contributed by atoms with Crippen molar-refractivity contribution in [1.82, 2.24) is 15.1 Å². The molecule has 56 heavy (non-hydrogen) atoms. The molecule has 4 N–H and O–H groups in total. The van der Waals surface area contributed by atoms with Gasteiger partial charge >= 0.3 is 18.0 Å². The van der Waals surface area contributed by atoms with E-state index in [4.69, 9.17) is 14.2 Å². The molecule has 2 atom stereocenters. The fourth-order valence-electron chi connectivity index (χ4n) is 7.71. The van der Waals surface area contributed by atoms with Gasteiger partial charge in [0, 0.05) is 18.3 Å². The van der Waals surface area contributed by atoms with Gasteiger partial charge in [0.2, 0.25) is 5.91 Å². The number of rotatable bonds is 16. The van der Waals surface area contributed by atoms with E-state index in [1.165, 1.54) is 21.3 Å². The number of carbonyl (C=O) groups excluding carboxylic acids is 4. The number of benzene rings is 3. The van der Waals surface area contributed by atoms with Gasteiger partial charge in [-0.3, -0.25) is 14.4 Å². The van der Waals surface area contributed by atoms with Crippen molar-refractivity contribution in [3.63, 3.8) is 0 Å². The molecule has 300 valence electrons. The Morgan fingerprint density at radius 1 is 0.821 bits per heavy atom. The van der Waals surface area contributed by atoms with E-state index in [0.717, 1.165) is 29.7 Å². The first-order valence-electron chi connectivity index (χ1n) is 19.0. The topological polar surface area (TPSA) is 176 Å². The van der Waals surface area contributed by atoms with Crippen LogP contribution in [0.25, 0.3) is 0 Å². The normalized spacial score (nSPS) is 16.1. The number of carboxylic acids is 1. The van der Waals surface area contributed by atoms with Crippen LogP contribution in [0.3, 0.4) is 0 Å². The van der Waals surface area contributed by atoms with Crippen molar-refractivity contribution in [1.29, 1.82) is 0 Å². The summed E-state index contributed by atoms with van der Waals surface area (Å²) in [5, 5.41) is 18.3. The molecular formula is C42H53N5O9. The molecular weight excluding hydrogens is 718 g/mol. The number of imide groups is 1. The molecule has 5 rings (SSSR count). The van der Waals surface area contributed by atoms with E-state index in [2.05, 4.69) is 16.0 Å². The number of aryl methyl sites for hydroxylation is 1. The number of carboxylic acid groups (broad SMARTS) is 1. The van der Waals surface area contributed by atoms with Crippen LogP contribution in [-0.2, 0) is 27.3 Å². The lowest BCUT2D eigenvalue weighted by Gasteiger charge is -2.38. The van der Waals surface area contributed by atoms with Crippen molar-refractivity contribution in [2.75, 3.05) is 32.0 Å². The van der Waals surface area contributed by atoms with Crippen molar-refractivity contribution in [3.05, 3.63) is 77.4 Å². The van der Waals surface area contributed by atoms with E-state index in [0.29, 0.717) is 52.6 Å². The lowest BCUT2D eigenvalue weighted by Crippen LogP contribution is -2.54. The van der Waals surface area contributed by atoms with Gasteiger partial charge in [0.05, 0.1) is 33.4 Å². The third-order valence-corrected chi connectivity index (χ3v) is 10.5. The Balaban J connectivity index is 1.40. The van der Waals surface area contributed by atoms with E-state index in [1.807, 2.05) is 39.0 Å². The molecule has 0 aromatic heterocycles. The number of nitrogens with zero attached hydrogens (tertiary/aromatic N) is 2. The number of amides is 6. The highest BCUT2D eigenvalue weighted by Crippen LogP contribution is 2.43. The second kappa shape index (κ2) is 18.2. The van der Waals surface area contributed by atoms with Crippen LogP contribution in [0, 0.1) is 12.8 Å². The molecule has 2 aliphatic rings. The van der Waals surface area contributed by atoms with Gasteiger partial charge in [0.1, 0.15) is 17.3 Å². The van der Waals surface area contributed by atoms with E-state index < -0.39 is 47.5 Å². The number of ether oxygens (including phenoxy) is 3. The fourth-order valence-corrected chi connectivity index (χ4v) is 7.71. The lowest BCUT2D eigenvalue weighted by molar-refractivity contribution is -0.142. The Bertz CT molecular complexity index is 1930. The summed E-state index contributed by atoms with van der Waals surface area (Å²) in [5.74, 6) is -0.880. The smallest absolute Gasteiger partial charge is 0.328 e. The van der Waals surface area contributed by atoms with Gasteiger partial charge in [-0.05, 0) is 85.5 Å². The van der Waals surface area contributed by atoms with E-state index in [9.17, 15) is 29.1 Å². The number of hydrogen-bond acceptors (Lipinski definition) is 8. The molecule has 3 aromatic rings. The zero-order chi connectivity index (χ0) is 40.6. The van der Waals surface area contributed by atoms with E-state index >= 15 is 0 Å². The second-order valence-corrected chi connectivity index (χ2v) is 14.9. The maximum absolute atomic E-state index is 14.7. The molecule has 1 saturated carbocycles. The quantitative estimate of drug-likeness (QED) is 0.115. The summed E-state index contributed by atoms with van der Waals surface area (Å²) in [6, 6.07) is 14.7. The van der Waals surface area contributed by atoms with Crippen LogP contribution >= 0.6 is 0 Å². The number of urea groups is 2. The first kappa shape index (κ1) is 41.4. The van der Waals surface area contributed by atoms with Crippen molar-refractivity contribution in [2.24, 2.45) is 5.92 Å². The SMILES string of the molecule is COc1cc(CN2C(=O)N([C@@H](CC(C)C)C(=O)N[C@H](CC(=O)O)Cc3ccc(OC)c(OC)c3)C(=O)C23CCCCC3)ccc1NC(=O)Nc1ccccc1C. The maximum atomic E-state index is 14.7. The minimum atomic E-state index is -1.17. The van der Waals surface area contributed by atoms with E-state index in [1.54, 1.807) is 47.4 Å². The number of para-hydroxylation sites is 1. The molecule has 2 fully saturated rings. The molecule has 6 amide bonds. The minimum Gasteiger partial charge on any atom is -0.495 e. The minimum absolute atomic E-state index is 0.0596. The molecule has 14 heteroatoms. The van der Waals surface area contributed by atoms with Crippen molar-refractivity contribution in [3.8, 4) is 17.2 Å². The number of aliphatic carboxylic acids is 1. The average Bonchev–Trinajstić information content (AvgIpc) is 3.35. The number of hydrogen-bond donors (Lipinski definition) is 4. The average molecular weight is 772 g/mol.